The van der Waals surface area contributed by atoms with E-state index in [0.29, 0.717) is 6.42 Å². The SMILES string of the molecule is CCC(C(=O)O)N(C)c1n[nH]c(=O)[nH]c1=O. The summed E-state index contributed by atoms with van der Waals surface area (Å²) in [6.45, 7) is 1.68. The first-order chi connectivity index (χ1) is 7.47. The van der Waals surface area contributed by atoms with Crippen molar-refractivity contribution in [1.82, 2.24) is 15.2 Å². The van der Waals surface area contributed by atoms with Crippen molar-refractivity contribution >= 4 is 11.8 Å². The highest BCUT2D eigenvalue weighted by atomic mass is 16.4. The van der Waals surface area contributed by atoms with Gasteiger partial charge in [-0.2, -0.15) is 0 Å². The molecular weight excluding hydrogens is 216 g/mol. The molecule has 1 aromatic rings. The van der Waals surface area contributed by atoms with E-state index in [1.807, 2.05) is 10.1 Å². The average molecular weight is 228 g/mol. The number of H-pyrrole nitrogens is 2. The fourth-order valence-electron chi connectivity index (χ4n) is 1.34. The van der Waals surface area contributed by atoms with Crippen LogP contribution >= 0.6 is 0 Å². The number of anilines is 1. The fraction of sp³-hybridized carbons (Fsp3) is 0.500. The molecule has 0 aliphatic rings. The highest BCUT2D eigenvalue weighted by molar-refractivity contribution is 5.77. The van der Waals surface area contributed by atoms with Gasteiger partial charge in [0.15, 0.2) is 0 Å². The Morgan fingerprint density at radius 3 is 2.62 bits per heavy atom. The van der Waals surface area contributed by atoms with E-state index in [1.165, 1.54) is 11.9 Å². The molecule has 88 valence electrons. The molecule has 0 saturated heterocycles. The van der Waals surface area contributed by atoms with Crippen molar-refractivity contribution in [3.05, 3.63) is 20.8 Å². The predicted molar refractivity (Wildman–Crippen MR) is 55.6 cm³/mol. The number of aliphatic carboxylic acids is 1. The van der Waals surface area contributed by atoms with Crippen LogP contribution in [-0.2, 0) is 4.79 Å². The third kappa shape index (κ3) is 2.27. The lowest BCUT2D eigenvalue weighted by Crippen LogP contribution is -2.42. The van der Waals surface area contributed by atoms with Gasteiger partial charge in [0.2, 0.25) is 5.82 Å². The zero-order valence-corrected chi connectivity index (χ0v) is 8.85. The molecule has 8 heteroatoms. The van der Waals surface area contributed by atoms with Gasteiger partial charge in [0, 0.05) is 7.05 Å². The monoisotopic (exact) mass is 228 g/mol. The Balaban J connectivity index is 3.13. The molecule has 0 aromatic carbocycles. The summed E-state index contributed by atoms with van der Waals surface area (Å²) < 4.78 is 0. The van der Waals surface area contributed by atoms with Crippen LogP contribution < -0.4 is 16.1 Å². The Bertz CT molecular complexity index is 491. The third-order valence-corrected chi connectivity index (χ3v) is 2.17. The second-order valence-electron chi connectivity index (χ2n) is 3.20. The smallest absolute Gasteiger partial charge is 0.342 e. The van der Waals surface area contributed by atoms with Crippen LogP contribution in [0.1, 0.15) is 13.3 Å². The van der Waals surface area contributed by atoms with Crippen molar-refractivity contribution in [2.45, 2.75) is 19.4 Å². The standard InChI is InChI=1S/C8H12N4O4/c1-3-4(7(14)15)12(2)5-6(13)9-8(16)11-10-5/h4H,3H2,1-2H3,(H,14,15)(H2,9,11,13,16). The van der Waals surface area contributed by atoms with Crippen LogP contribution in [0.5, 0.6) is 0 Å². The van der Waals surface area contributed by atoms with E-state index >= 15 is 0 Å². The summed E-state index contributed by atoms with van der Waals surface area (Å²) >= 11 is 0. The molecule has 8 nitrogen and oxygen atoms in total. The Hall–Kier alpha value is -2.12. The van der Waals surface area contributed by atoms with Crippen molar-refractivity contribution < 1.29 is 9.90 Å². The van der Waals surface area contributed by atoms with Gasteiger partial charge in [0.1, 0.15) is 6.04 Å². The summed E-state index contributed by atoms with van der Waals surface area (Å²) in [7, 11) is 1.43. The van der Waals surface area contributed by atoms with Gasteiger partial charge in [-0.05, 0) is 6.42 Å². The van der Waals surface area contributed by atoms with Gasteiger partial charge in [-0.1, -0.05) is 6.92 Å². The lowest BCUT2D eigenvalue weighted by Gasteiger charge is -2.22. The summed E-state index contributed by atoms with van der Waals surface area (Å²) in [5.41, 5.74) is -1.45. The van der Waals surface area contributed by atoms with Crippen LogP contribution in [0.4, 0.5) is 5.82 Å². The zero-order valence-electron chi connectivity index (χ0n) is 8.85. The summed E-state index contributed by atoms with van der Waals surface area (Å²) in [6.07, 6.45) is 0.312. The lowest BCUT2D eigenvalue weighted by atomic mass is 10.2. The maximum atomic E-state index is 11.4. The fourth-order valence-corrected chi connectivity index (χ4v) is 1.34. The van der Waals surface area contributed by atoms with Crippen molar-refractivity contribution in [1.29, 1.82) is 0 Å². The summed E-state index contributed by atoms with van der Waals surface area (Å²) in [5.74, 6) is -1.19. The molecule has 1 unspecified atom stereocenters. The van der Waals surface area contributed by atoms with Gasteiger partial charge in [0.25, 0.3) is 5.56 Å². The first-order valence-electron chi connectivity index (χ1n) is 4.62. The van der Waals surface area contributed by atoms with Crippen LogP contribution in [-0.4, -0.2) is 39.3 Å². The molecule has 0 radical (unpaired) electrons. The summed E-state index contributed by atoms with van der Waals surface area (Å²) in [5, 5.41) is 14.5. The number of hydrogen-bond donors (Lipinski definition) is 3. The number of aromatic amines is 2. The Morgan fingerprint density at radius 1 is 1.56 bits per heavy atom. The Kier molecular flexibility index (Phi) is 3.44. The first kappa shape index (κ1) is 12.0. The van der Waals surface area contributed by atoms with Crippen LogP contribution in [0.15, 0.2) is 9.59 Å². The average Bonchev–Trinajstić information content (AvgIpc) is 2.17. The molecule has 0 bridgehead atoms. The number of carboxylic acid groups (broad SMARTS) is 1. The van der Waals surface area contributed by atoms with E-state index in [2.05, 4.69) is 5.10 Å². The third-order valence-electron chi connectivity index (χ3n) is 2.17. The van der Waals surface area contributed by atoms with E-state index in [9.17, 15) is 14.4 Å². The molecule has 0 saturated carbocycles. The molecule has 0 fully saturated rings. The number of nitrogens with one attached hydrogen (secondary N) is 2. The van der Waals surface area contributed by atoms with Gasteiger partial charge in [0.05, 0.1) is 0 Å². The second kappa shape index (κ2) is 4.60. The zero-order chi connectivity index (χ0) is 12.3. The lowest BCUT2D eigenvalue weighted by molar-refractivity contribution is -0.138. The first-order valence-corrected chi connectivity index (χ1v) is 4.62. The Labute approximate surface area is 89.9 Å². The molecule has 16 heavy (non-hydrogen) atoms. The minimum Gasteiger partial charge on any atom is -0.480 e. The molecule has 0 aliphatic carbocycles. The quantitative estimate of drug-likeness (QED) is 0.592. The molecule has 1 atom stereocenters. The maximum absolute atomic E-state index is 11.4. The molecule has 0 spiro atoms. The largest absolute Gasteiger partial charge is 0.480 e. The normalized spacial score (nSPS) is 12.1. The van der Waals surface area contributed by atoms with E-state index in [-0.39, 0.29) is 5.82 Å². The second-order valence-corrected chi connectivity index (χ2v) is 3.20. The van der Waals surface area contributed by atoms with Gasteiger partial charge in [-0.15, -0.1) is 5.10 Å². The van der Waals surface area contributed by atoms with Crippen LogP contribution in [0.25, 0.3) is 0 Å². The number of carbonyl (C=O) groups is 1. The maximum Gasteiger partial charge on any atom is 0.342 e. The van der Waals surface area contributed by atoms with Crippen LogP contribution in [0, 0.1) is 0 Å². The van der Waals surface area contributed by atoms with E-state index in [1.54, 1.807) is 6.92 Å². The van der Waals surface area contributed by atoms with Crippen molar-refractivity contribution in [2.24, 2.45) is 0 Å². The van der Waals surface area contributed by atoms with Crippen LogP contribution in [0.2, 0.25) is 0 Å². The number of carboxylic acids is 1. The Morgan fingerprint density at radius 2 is 2.19 bits per heavy atom. The molecular formula is C8H12N4O4. The number of hydrogen-bond acceptors (Lipinski definition) is 5. The highest BCUT2D eigenvalue weighted by Crippen LogP contribution is 2.07. The van der Waals surface area contributed by atoms with Crippen molar-refractivity contribution in [3.8, 4) is 0 Å². The topological polar surface area (TPSA) is 119 Å². The summed E-state index contributed by atoms with van der Waals surface area (Å²) in [4.78, 5) is 36.1. The molecule has 1 rings (SSSR count). The van der Waals surface area contributed by atoms with E-state index in [4.69, 9.17) is 5.11 Å². The predicted octanol–water partition coefficient (Wildman–Crippen LogP) is -1.24. The minimum absolute atomic E-state index is 0.131. The molecule has 1 aromatic heterocycles. The molecule has 0 amide bonds. The molecule has 3 N–H and O–H groups in total. The molecule has 1 heterocycles. The molecule has 0 aliphatic heterocycles. The van der Waals surface area contributed by atoms with Crippen molar-refractivity contribution in [2.75, 3.05) is 11.9 Å². The highest BCUT2D eigenvalue weighted by Gasteiger charge is 2.23. The number of nitrogens with zero attached hydrogens (tertiary/aromatic N) is 2. The summed E-state index contributed by atoms with van der Waals surface area (Å²) in [6, 6.07) is -0.862. The van der Waals surface area contributed by atoms with Gasteiger partial charge < -0.3 is 10.0 Å². The van der Waals surface area contributed by atoms with Gasteiger partial charge in [-0.3, -0.25) is 9.78 Å². The minimum atomic E-state index is -1.06. The number of likely N-dealkylation sites (N-methyl/N-ethyl adjacent to an activating group) is 1. The number of rotatable bonds is 4. The van der Waals surface area contributed by atoms with Crippen LogP contribution in [0.3, 0.4) is 0 Å². The van der Waals surface area contributed by atoms with Gasteiger partial charge in [-0.25, -0.2) is 14.7 Å². The number of aromatic nitrogens is 3. The van der Waals surface area contributed by atoms with Crippen molar-refractivity contribution in [3.63, 3.8) is 0 Å². The van der Waals surface area contributed by atoms with Gasteiger partial charge >= 0.3 is 11.7 Å². The van der Waals surface area contributed by atoms with E-state index < -0.39 is 23.3 Å². The van der Waals surface area contributed by atoms with E-state index in [0.717, 1.165) is 0 Å².